The van der Waals surface area contributed by atoms with Crippen LogP contribution in [-0.4, -0.2) is 20.1 Å². The van der Waals surface area contributed by atoms with Gasteiger partial charge in [0.2, 0.25) is 0 Å². The molecule has 5 heteroatoms. The van der Waals surface area contributed by atoms with Gasteiger partial charge in [0, 0.05) is 0 Å². The van der Waals surface area contributed by atoms with Crippen LogP contribution in [0.1, 0.15) is 24.3 Å². The van der Waals surface area contributed by atoms with Crippen LogP contribution in [0.2, 0.25) is 0 Å². The minimum atomic E-state index is -0.512. The van der Waals surface area contributed by atoms with Crippen molar-refractivity contribution < 1.29 is 9.84 Å². The Balaban J connectivity index is 1.67. The van der Waals surface area contributed by atoms with Gasteiger partial charge in [-0.3, -0.25) is 0 Å². The summed E-state index contributed by atoms with van der Waals surface area (Å²) < 4.78 is 5.71. The molecule has 0 radical (unpaired) electrons. The smallest absolute Gasteiger partial charge is 0.134 e. The first-order valence-corrected chi connectivity index (χ1v) is 7.10. The van der Waals surface area contributed by atoms with Crippen LogP contribution in [0.4, 0.5) is 0 Å². The van der Waals surface area contributed by atoms with Crippen LogP contribution in [0.3, 0.4) is 0 Å². The first kappa shape index (κ1) is 14.3. The van der Waals surface area contributed by atoms with Crippen molar-refractivity contribution in [3.63, 3.8) is 0 Å². The summed E-state index contributed by atoms with van der Waals surface area (Å²) in [4.78, 5) is 1.57. The fourth-order valence-corrected chi connectivity index (χ4v) is 2.07. The highest BCUT2D eigenvalue weighted by atomic mass is 16.5. The van der Waals surface area contributed by atoms with Crippen molar-refractivity contribution in [1.29, 1.82) is 0 Å². The van der Waals surface area contributed by atoms with E-state index in [9.17, 15) is 5.11 Å². The van der Waals surface area contributed by atoms with Crippen LogP contribution >= 0.6 is 0 Å². The van der Waals surface area contributed by atoms with Gasteiger partial charge in [-0.15, -0.1) is 5.10 Å². The Hall–Kier alpha value is -2.66. The van der Waals surface area contributed by atoms with E-state index in [1.54, 1.807) is 17.9 Å². The predicted octanol–water partition coefficient (Wildman–Crippen LogP) is 2.90. The highest BCUT2D eigenvalue weighted by Crippen LogP contribution is 2.19. The summed E-state index contributed by atoms with van der Waals surface area (Å²) >= 11 is 0. The number of rotatable bonds is 5. The molecule has 1 aromatic heterocycles. The third-order valence-corrected chi connectivity index (χ3v) is 3.25. The lowest BCUT2D eigenvalue weighted by Gasteiger charge is -2.08. The van der Waals surface area contributed by atoms with Crippen molar-refractivity contribution in [2.45, 2.75) is 19.6 Å². The monoisotopic (exact) mass is 295 g/mol. The van der Waals surface area contributed by atoms with Gasteiger partial charge >= 0.3 is 0 Å². The molecule has 3 aromatic rings. The van der Waals surface area contributed by atoms with E-state index in [4.69, 9.17) is 4.74 Å². The number of hydrogen-bond donors (Lipinski definition) is 1. The van der Waals surface area contributed by atoms with Gasteiger partial charge in [-0.05, 0) is 36.8 Å². The number of ether oxygens (including phenoxy) is 1. The predicted molar refractivity (Wildman–Crippen MR) is 82.8 cm³/mol. The molecule has 0 spiro atoms. The molecule has 22 heavy (non-hydrogen) atoms. The van der Waals surface area contributed by atoms with Gasteiger partial charge in [0.1, 0.15) is 18.1 Å². The van der Waals surface area contributed by atoms with Gasteiger partial charge in [0.15, 0.2) is 0 Å². The van der Waals surface area contributed by atoms with E-state index in [1.807, 2.05) is 54.6 Å². The highest BCUT2D eigenvalue weighted by Gasteiger charge is 2.05. The number of aliphatic hydroxyl groups is 1. The second-order valence-electron chi connectivity index (χ2n) is 5.00. The summed E-state index contributed by atoms with van der Waals surface area (Å²) in [5, 5.41) is 18.2. The van der Waals surface area contributed by atoms with E-state index in [-0.39, 0.29) is 0 Å². The summed E-state index contributed by atoms with van der Waals surface area (Å²) in [5.41, 5.74) is 2.47. The second-order valence-corrected chi connectivity index (χ2v) is 5.00. The number of hydrogen-bond acceptors (Lipinski definition) is 4. The van der Waals surface area contributed by atoms with E-state index >= 15 is 0 Å². The highest BCUT2D eigenvalue weighted by molar-refractivity contribution is 5.30. The number of para-hydroxylation sites is 1. The first-order valence-electron chi connectivity index (χ1n) is 7.10. The maximum absolute atomic E-state index is 9.58. The van der Waals surface area contributed by atoms with E-state index in [0.717, 1.165) is 16.9 Å². The summed E-state index contributed by atoms with van der Waals surface area (Å²) in [7, 11) is 0. The number of aromatic nitrogens is 3. The average molecular weight is 295 g/mol. The molecule has 0 bridgehead atoms. The van der Waals surface area contributed by atoms with Crippen molar-refractivity contribution in [3.8, 4) is 11.4 Å². The zero-order valence-corrected chi connectivity index (χ0v) is 12.3. The van der Waals surface area contributed by atoms with E-state index in [2.05, 4.69) is 10.2 Å². The van der Waals surface area contributed by atoms with Gasteiger partial charge < -0.3 is 9.84 Å². The summed E-state index contributed by atoms with van der Waals surface area (Å²) in [6.07, 6.45) is 1.17. The molecule has 5 nitrogen and oxygen atoms in total. The Morgan fingerprint density at radius 1 is 1.14 bits per heavy atom. The van der Waals surface area contributed by atoms with E-state index in [0.29, 0.717) is 12.4 Å². The molecule has 0 fully saturated rings. The van der Waals surface area contributed by atoms with Gasteiger partial charge in [-0.25, -0.2) is 0 Å². The zero-order chi connectivity index (χ0) is 15.4. The molecular weight excluding hydrogens is 278 g/mol. The average Bonchev–Trinajstić information content (AvgIpc) is 3.03. The van der Waals surface area contributed by atoms with Crippen molar-refractivity contribution >= 4 is 0 Å². The van der Waals surface area contributed by atoms with Gasteiger partial charge in [-0.2, -0.15) is 9.90 Å². The molecule has 0 aliphatic heterocycles. The van der Waals surface area contributed by atoms with Crippen LogP contribution in [0.5, 0.6) is 5.75 Å². The third-order valence-electron chi connectivity index (χ3n) is 3.25. The minimum Gasteiger partial charge on any atom is -0.487 e. The maximum Gasteiger partial charge on any atom is 0.134 e. The van der Waals surface area contributed by atoms with E-state index < -0.39 is 6.10 Å². The molecule has 0 saturated carbocycles. The zero-order valence-electron chi connectivity index (χ0n) is 12.3. The van der Waals surface area contributed by atoms with Crippen molar-refractivity contribution in [1.82, 2.24) is 15.0 Å². The quantitative estimate of drug-likeness (QED) is 0.786. The molecule has 1 N–H and O–H groups in total. The largest absolute Gasteiger partial charge is 0.487 e. The number of aliphatic hydroxyl groups excluding tert-OH is 1. The molecule has 0 saturated heterocycles. The lowest BCUT2D eigenvalue weighted by molar-refractivity contribution is 0.198. The Kier molecular flexibility index (Phi) is 4.16. The molecule has 0 aliphatic carbocycles. The summed E-state index contributed by atoms with van der Waals surface area (Å²) in [6, 6.07) is 17.1. The Morgan fingerprint density at radius 3 is 2.73 bits per heavy atom. The van der Waals surface area contributed by atoms with E-state index in [1.165, 1.54) is 0 Å². The molecule has 3 rings (SSSR count). The fraction of sp³-hybridized carbons (Fsp3) is 0.176. The van der Waals surface area contributed by atoms with Crippen LogP contribution in [0.25, 0.3) is 5.69 Å². The minimum absolute atomic E-state index is 0.329. The molecule has 0 amide bonds. The van der Waals surface area contributed by atoms with Crippen molar-refractivity contribution in [2.24, 2.45) is 0 Å². The fourth-order valence-electron chi connectivity index (χ4n) is 2.07. The molecular formula is C17H17N3O2. The first-order chi connectivity index (χ1) is 10.7. The van der Waals surface area contributed by atoms with Crippen molar-refractivity contribution in [3.05, 3.63) is 72.1 Å². The summed E-state index contributed by atoms with van der Waals surface area (Å²) in [6.45, 7) is 2.06. The third kappa shape index (κ3) is 3.32. The van der Waals surface area contributed by atoms with Crippen LogP contribution in [-0.2, 0) is 6.61 Å². The van der Waals surface area contributed by atoms with Gasteiger partial charge in [-0.1, -0.05) is 30.3 Å². The van der Waals surface area contributed by atoms with Gasteiger partial charge in [0.05, 0.1) is 18.0 Å². The lowest BCUT2D eigenvalue weighted by Crippen LogP contribution is -2.01. The van der Waals surface area contributed by atoms with Crippen LogP contribution in [0, 0.1) is 0 Å². The van der Waals surface area contributed by atoms with Crippen LogP contribution in [0.15, 0.2) is 60.8 Å². The topological polar surface area (TPSA) is 60.2 Å². The summed E-state index contributed by atoms with van der Waals surface area (Å²) in [5.74, 6) is 0.702. The molecule has 1 unspecified atom stereocenters. The van der Waals surface area contributed by atoms with Gasteiger partial charge in [0.25, 0.3) is 0 Å². The van der Waals surface area contributed by atoms with Crippen molar-refractivity contribution in [2.75, 3.05) is 0 Å². The SMILES string of the molecule is CC(O)c1cccc(OCc2cnn(-c3ccccc3)n2)c1. The number of benzene rings is 2. The molecule has 1 atom stereocenters. The normalized spacial score (nSPS) is 12.1. The second kappa shape index (κ2) is 6.41. The Labute approximate surface area is 128 Å². The standard InChI is InChI=1S/C17H17N3O2/c1-13(21)14-6-5-9-17(10-14)22-12-15-11-18-20(19-15)16-7-3-2-4-8-16/h2-11,13,21H,12H2,1H3. The molecule has 112 valence electrons. The lowest BCUT2D eigenvalue weighted by atomic mass is 10.1. The maximum atomic E-state index is 9.58. The Bertz CT molecular complexity index is 738. The molecule has 0 aliphatic rings. The molecule has 1 heterocycles. The molecule has 2 aromatic carbocycles. The number of nitrogens with zero attached hydrogens (tertiary/aromatic N) is 3. The Morgan fingerprint density at radius 2 is 1.95 bits per heavy atom. The van der Waals surface area contributed by atoms with Crippen LogP contribution < -0.4 is 4.74 Å².